The third kappa shape index (κ3) is 49.2. The van der Waals surface area contributed by atoms with Crippen LogP contribution in [0.3, 0.4) is 0 Å². The molecule has 0 saturated carbocycles. The highest BCUT2D eigenvalue weighted by atomic mass is 16.6. The van der Waals surface area contributed by atoms with Gasteiger partial charge in [-0.15, -0.1) is 0 Å². The van der Waals surface area contributed by atoms with Gasteiger partial charge in [0.25, 0.3) is 0 Å². The maximum atomic E-state index is 12.8. The van der Waals surface area contributed by atoms with Crippen molar-refractivity contribution < 1.29 is 28.6 Å². The lowest BCUT2D eigenvalue weighted by molar-refractivity contribution is -0.167. The second-order valence-electron chi connectivity index (χ2n) is 16.8. The van der Waals surface area contributed by atoms with Crippen molar-refractivity contribution >= 4 is 17.9 Å². The molecule has 0 fully saturated rings. The molecular weight excluding hydrogens is 781 g/mol. The molecule has 0 amide bonds. The molecule has 0 aromatic carbocycles. The highest BCUT2D eigenvalue weighted by Crippen LogP contribution is 2.15. The number of carbonyl (C=O) groups is 3. The molecule has 0 aliphatic rings. The molecule has 1 unspecified atom stereocenters. The molecule has 1 atom stereocenters. The minimum Gasteiger partial charge on any atom is -0.462 e. The van der Waals surface area contributed by atoms with Crippen LogP contribution in [-0.2, 0) is 28.6 Å². The number of ether oxygens (including phenoxy) is 3. The number of rotatable bonds is 45. The maximum Gasteiger partial charge on any atom is 0.306 e. The first-order valence-electron chi connectivity index (χ1n) is 25.8. The molecule has 0 rings (SSSR count). The van der Waals surface area contributed by atoms with Gasteiger partial charge in [0.2, 0.25) is 0 Å². The molecular formula is C57H94O6. The number of hydrogen-bond acceptors (Lipinski definition) is 6. The summed E-state index contributed by atoms with van der Waals surface area (Å²) in [6.45, 7) is 6.29. The predicted molar refractivity (Wildman–Crippen MR) is 270 cm³/mol. The second kappa shape index (κ2) is 51.0. The first-order valence-corrected chi connectivity index (χ1v) is 25.8. The van der Waals surface area contributed by atoms with Gasteiger partial charge in [0.05, 0.1) is 0 Å². The van der Waals surface area contributed by atoms with E-state index < -0.39 is 6.10 Å². The third-order valence-corrected chi connectivity index (χ3v) is 10.7. The molecule has 6 nitrogen and oxygen atoms in total. The van der Waals surface area contributed by atoms with Gasteiger partial charge in [0, 0.05) is 19.3 Å². The standard InChI is InChI=1S/C57H94O6/c1-4-7-10-13-16-19-22-24-26-27-28-29-31-32-35-38-41-44-47-50-56(59)62-53-54(52-61-55(58)49-46-43-40-37-34-21-18-15-12-9-6-3)63-57(60)51-48-45-42-39-36-33-30-25-23-20-17-14-11-8-5-2/h8-9,11-12,14,17-18,20-21,23,25,30,33,36-37,40,54H,4-7,10,13,15-16,19,22,24,26-29,31-32,34-35,38-39,41-53H2,1-3H3/b11-8-,12-9-,17-14-,21-18-,23-20-,30-25-,36-33-,40-37-. The molecule has 0 saturated heterocycles. The van der Waals surface area contributed by atoms with Gasteiger partial charge in [-0.3, -0.25) is 14.4 Å². The summed E-state index contributed by atoms with van der Waals surface area (Å²) in [6.07, 6.45) is 67.0. The summed E-state index contributed by atoms with van der Waals surface area (Å²) in [6, 6.07) is 0. The van der Waals surface area contributed by atoms with Crippen molar-refractivity contribution in [1.29, 1.82) is 0 Å². The van der Waals surface area contributed by atoms with Crippen LogP contribution in [0.5, 0.6) is 0 Å². The molecule has 358 valence electrons. The van der Waals surface area contributed by atoms with Gasteiger partial charge in [-0.05, 0) is 64.2 Å². The minimum atomic E-state index is -0.818. The second-order valence-corrected chi connectivity index (χ2v) is 16.8. The summed E-state index contributed by atoms with van der Waals surface area (Å²) in [7, 11) is 0. The fraction of sp³-hybridized carbons (Fsp3) is 0.667. The van der Waals surface area contributed by atoms with Crippen LogP contribution in [0.4, 0.5) is 0 Å². The van der Waals surface area contributed by atoms with Gasteiger partial charge in [-0.2, -0.15) is 0 Å². The Labute approximate surface area is 387 Å². The molecule has 0 aromatic rings. The molecule has 0 aliphatic carbocycles. The van der Waals surface area contributed by atoms with E-state index in [1.165, 1.54) is 103 Å². The average Bonchev–Trinajstić information content (AvgIpc) is 3.28. The van der Waals surface area contributed by atoms with E-state index >= 15 is 0 Å². The Morgan fingerprint density at radius 1 is 0.349 bits per heavy atom. The van der Waals surface area contributed by atoms with Crippen molar-refractivity contribution in [2.45, 2.75) is 232 Å². The van der Waals surface area contributed by atoms with Crippen molar-refractivity contribution in [3.05, 3.63) is 97.2 Å². The first kappa shape index (κ1) is 59.3. The fourth-order valence-corrected chi connectivity index (χ4v) is 6.90. The van der Waals surface area contributed by atoms with Crippen molar-refractivity contribution in [3.8, 4) is 0 Å². The van der Waals surface area contributed by atoms with Crippen LogP contribution in [0.2, 0.25) is 0 Å². The SMILES string of the molecule is CC\C=C/C=C\C=C/C=C\C=C/CCCCCC(=O)OC(COC(=O)CCC/C=C\C/C=C\C/C=C\CC)COC(=O)CCCCCCCCCCCCCCCCCCCCC. The molecule has 0 bridgehead atoms. The van der Waals surface area contributed by atoms with Gasteiger partial charge < -0.3 is 14.2 Å². The van der Waals surface area contributed by atoms with E-state index in [-0.39, 0.29) is 44.0 Å². The van der Waals surface area contributed by atoms with Crippen molar-refractivity contribution in [3.63, 3.8) is 0 Å². The minimum absolute atomic E-state index is 0.110. The summed E-state index contributed by atoms with van der Waals surface area (Å²) < 4.78 is 16.7. The highest BCUT2D eigenvalue weighted by molar-refractivity contribution is 5.71. The van der Waals surface area contributed by atoms with Gasteiger partial charge >= 0.3 is 17.9 Å². The van der Waals surface area contributed by atoms with Crippen LogP contribution in [0.15, 0.2) is 97.2 Å². The summed E-state index contributed by atoms with van der Waals surface area (Å²) in [5.41, 5.74) is 0. The zero-order valence-corrected chi connectivity index (χ0v) is 40.8. The van der Waals surface area contributed by atoms with E-state index in [2.05, 4.69) is 69.4 Å². The van der Waals surface area contributed by atoms with E-state index in [0.29, 0.717) is 19.3 Å². The average molecular weight is 875 g/mol. The Hall–Kier alpha value is -3.67. The van der Waals surface area contributed by atoms with Crippen LogP contribution in [0, 0.1) is 0 Å². The normalized spacial score (nSPS) is 12.9. The molecule has 0 spiro atoms. The molecule has 0 radical (unpaired) electrons. The zero-order valence-electron chi connectivity index (χ0n) is 40.8. The molecule has 0 heterocycles. The van der Waals surface area contributed by atoms with Crippen LogP contribution in [-0.4, -0.2) is 37.2 Å². The third-order valence-electron chi connectivity index (χ3n) is 10.7. The van der Waals surface area contributed by atoms with Gasteiger partial charge in [0.1, 0.15) is 13.2 Å². The number of unbranched alkanes of at least 4 members (excludes halogenated alkanes) is 22. The lowest BCUT2D eigenvalue weighted by Gasteiger charge is -2.18. The number of hydrogen-bond donors (Lipinski definition) is 0. The van der Waals surface area contributed by atoms with Crippen molar-refractivity contribution in [1.82, 2.24) is 0 Å². The first-order chi connectivity index (χ1) is 31.0. The molecule has 0 aliphatic heterocycles. The van der Waals surface area contributed by atoms with Gasteiger partial charge in [0.15, 0.2) is 6.10 Å². The summed E-state index contributed by atoms with van der Waals surface area (Å²) in [5, 5.41) is 0. The molecule has 63 heavy (non-hydrogen) atoms. The van der Waals surface area contributed by atoms with Gasteiger partial charge in [-0.25, -0.2) is 0 Å². The number of allylic oxidation sites excluding steroid dienone is 16. The Morgan fingerprint density at radius 2 is 0.714 bits per heavy atom. The lowest BCUT2D eigenvalue weighted by Crippen LogP contribution is -2.30. The van der Waals surface area contributed by atoms with E-state index in [4.69, 9.17) is 14.2 Å². The topological polar surface area (TPSA) is 78.9 Å². The van der Waals surface area contributed by atoms with E-state index in [9.17, 15) is 14.4 Å². The quantitative estimate of drug-likeness (QED) is 0.0199. The van der Waals surface area contributed by atoms with Crippen molar-refractivity contribution in [2.24, 2.45) is 0 Å². The zero-order chi connectivity index (χ0) is 45.8. The van der Waals surface area contributed by atoms with E-state index in [0.717, 1.165) is 70.6 Å². The van der Waals surface area contributed by atoms with Crippen molar-refractivity contribution in [2.75, 3.05) is 13.2 Å². The maximum absolute atomic E-state index is 12.8. The lowest BCUT2D eigenvalue weighted by atomic mass is 10.0. The molecule has 6 heteroatoms. The van der Waals surface area contributed by atoms with E-state index in [1.807, 2.05) is 48.6 Å². The Bertz CT molecular complexity index is 1280. The molecule has 0 aromatic heterocycles. The molecule has 0 N–H and O–H groups in total. The van der Waals surface area contributed by atoms with Crippen LogP contribution in [0.1, 0.15) is 226 Å². The van der Waals surface area contributed by atoms with Crippen LogP contribution >= 0.6 is 0 Å². The Balaban J connectivity index is 4.43. The highest BCUT2D eigenvalue weighted by Gasteiger charge is 2.19. The number of esters is 3. The Morgan fingerprint density at radius 3 is 1.21 bits per heavy atom. The fourth-order valence-electron chi connectivity index (χ4n) is 6.90. The number of carbonyl (C=O) groups excluding carboxylic acids is 3. The largest absolute Gasteiger partial charge is 0.462 e. The summed E-state index contributed by atoms with van der Waals surface area (Å²) in [4.78, 5) is 37.9. The predicted octanol–water partition coefficient (Wildman–Crippen LogP) is 17.0. The summed E-state index contributed by atoms with van der Waals surface area (Å²) >= 11 is 0. The van der Waals surface area contributed by atoms with E-state index in [1.54, 1.807) is 0 Å². The smallest absolute Gasteiger partial charge is 0.306 e. The summed E-state index contributed by atoms with van der Waals surface area (Å²) in [5.74, 6) is -1.01. The van der Waals surface area contributed by atoms with Gasteiger partial charge in [-0.1, -0.05) is 240 Å². The van der Waals surface area contributed by atoms with Crippen LogP contribution < -0.4 is 0 Å². The van der Waals surface area contributed by atoms with Crippen LogP contribution in [0.25, 0.3) is 0 Å². The Kier molecular flexibility index (Phi) is 48.0. The monoisotopic (exact) mass is 875 g/mol.